The molecule has 3 rings (SSSR count). The fraction of sp³-hybridized carbons (Fsp3) is 0.250. The molecule has 0 bridgehead atoms. The molecule has 0 radical (unpaired) electrons. The summed E-state index contributed by atoms with van der Waals surface area (Å²) in [5, 5.41) is 13.4. The van der Waals surface area contributed by atoms with E-state index >= 15 is 0 Å². The minimum Gasteiger partial charge on any atom is -0.323 e. The van der Waals surface area contributed by atoms with E-state index in [1.165, 1.54) is 6.20 Å². The van der Waals surface area contributed by atoms with Crippen LogP contribution in [0, 0.1) is 13.8 Å². The van der Waals surface area contributed by atoms with Crippen molar-refractivity contribution in [3.8, 4) is 0 Å². The van der Waals surface area contributed by atoms with Gasteiger partial charge in [-0.15, -0.1) is 5.10 Å². The van der Waals surface area contributed by atoms with E-state index in [0.717, 1.165) is 11.4 Å². The Morgan fingerprint density at radius 3 is 3.00 bits per heavy atom. The lowest BCUT2D eigenvalue weighted by Gasteiger charge is -1.98. The normalized spacial score (nSPS) is 10.9. The summed E-state index contributed by atoms with van der Waals surface area (Å²) >= 11 is 0. The molecule has 0 aliphatic rings. The van der Waals surface area contributed by atoms with Crippen LogP contribution in [0.5, 0.6) is 0 Å². The van der Waals surface area contributed by atoms with Crippen LogP contribution in [0.1, 0.15) is 17.2 Å². The van der Waals surface area contributed by atoms with E-state index in [1.54, 1.807) is 10.7 Å². The summed E-state index contributed by atoms with van der Waals surface area (Å²) in [7, 11) is 0. The quantitative estimate of drug-likeness (QED) is 0.728. The Bertz CT molecular complexity index is 760. The molecule has 0 atom stereocenters. The molecule has 0 saturated carbocycles. The second kappa shape index (κ2) is 4.72. The summed E-state index contributed by atoms with van der Waals surface area (Å²) in [6.07, 6.45) is 3.22. The number of hydrogen-bond donors (Lipinski definition) is 2. The molecule has 3 aromatic heterocycles. The van der Waals surface area contributed by atoms with Crippen molar-refractivity contribution >= 4 is 17.4 Å². The summed E-state index contributed by atoms with van der Waals surface area (Å²) < 4.78 is 1.63. The molecule has 0 aromatic carbocycles. The molecule has 0 unspecified atom stereocenters. The van der Waals surface area contributed by atoms with Gasteiger partial charge in [0.15, 0.2) is 5.82 Å². The molecule has 8 nitrogen and oxygen atoms in total. The Labute approximate surface area is 114 Å². The third kappa shape index (κ3) is 2.35. The number of fused-ring (bicyclic) bond motifs is 1. The molecule has 1 amide bonds. The first-order valence-electron chi connectivity index (χ1n) is 6.10. The molecule has 0 saturated heterocycles. The number of nitrogens with zero attached hydrogens (tertiary/aromatic N) is 5. The smallest absolute Gasteiger partial charge is 0.252 e. The zero-order valence-corrected chi connectivity index (χ0v) is 11.1. The van der Waals surface area contributed by atoms with Gasteiger partial charge < -0.3 is 5.32 Å². The number of carbonyl (C=O) groups is 1. The van der Waals surface area contributed by atoms with Crippen LogP contribution in [0.15, 0.2) is 18.5 Å². The highest BCUT2D eigenvalue weighted by Gasteiger charge is 2.12. The maximum absolute atomic E-state index is 11.8. The predicted molar refractivity (Wildman–Crippen MR) is 71.2 cm³/mol. The van der Waals surface area contributed by atoms with Gasteiger partial charge in [-0.2, -0.15) is 10.1 Å². The molecule has 20 heavy (non-hydrogen) atoms. The topological polar surface area (TPSA) is 101 Å². The summed E-state index contributed by atoms with van der Waals surface area (Å²) in [6.45, 7) is 3.82. The van der Waals surface area contributed by atoms with E-state index in [-0.39, 0.29) is 12.3 Å². The standard InChI is InChI=1S/C12H13N7O/c1-7-3-8(2)19-12(15-7)17-10(18-19)4-11(20)16-9-5-13-14-6-9/h3,5-6H,4H2,1-2H3,(H,13,14)(H,16,20). The van der Waals surface area contributed by atoms with Gasteiger partial charge in [0, 0.05) is 17.6 Å². The lowest BCUT2D eigenvalue weighted by Crippen LogP contribution is -2.14. The summed E-state index contributed by atoms with van der Waals surface area (Å²) in [5.74, 6) is 0.748. The second-order valence-corrected chi connectivity index (χ2v) is 4.49. The number of carbonyl (C=O) groups excluding carboxylic acids is 1. The number of H-pyrrole nitrogens is 1. The van der Waals surface area contributed by atoms with Gasteiger partial charge in [0.25, 0.3) is 5.78 Å². The van der Waals surface area contributed by atoms with Gasteiger partial charge in [-0.3, -0.25) is 9.89 Å². The SMILES string of the molecule is Cc1cc(C)n2nc(CC(=O)Nc3cn[nH]c3)nc2n1. The van der Waals surface area contributed by atoms with Crippen molar-refractivity contribution in [1.82, 2.24) is 29.8 Å². The molecular weight excluding hydrogens is 258 g/mol. The van der Waals surface area contributed by atoms with Crippen molar-refractivity contribution in [1.29, 1.82) is 0 Å². The van der Waals surface area contributed by atoms with Gasteiger partial charge in [0.1, 0.15) is 0 Å². The fourth-order valence-corrected chi connectivity index (χ4v) is 1.95. The van der Waals surface area contributed by atoms with Gasteiger partial charge >= 0.3 is 0 Å². The summed E-state index contributed by atoms with van der Waals surface area (Å²) in [6, 6.07) is 1.91. The first kappa shape index (κ1) is 12.3. The minimum atomic E-state index is -0.198. The Kier molecular flexibility index (Phi) is 2.90. The van der Waals surface area contributed by atoms with Crippen LogP contribution >= 0.6 is 0 Å². The van der Waals surface area contributed by atoms with E-state index in [1.807, 2.05) is 19.9 Å². The molecule has 0 aliphatic heterocycles. The Hall–Kier alpha value is -2.77. The summed E-state index contributed by atoms with van der Waals surface area (Å²) in [5.41, 5.74) is 2.42. The first-order valence-corrected chi connectivity index (χ1v) is 6.10. The highest BCUT2D eigenvalue weighted by atomic mass is 16.1. The van der Waals surface area contributed by atoms with Crippen molar-refractivity contribution in [2.24, 2.45) is 0 Å². The number of aromatic amines is 1. The van der Waals surface area contributed by atoms with Crippen LogP contribution in [-0.2, 0) is 11.2 Å². The van der Waals surface area contributed by atoms with Crippen molar-refractivity contribution < 1.29 is 4.79 Å². The number of aromatic nitrogens is 6. The highest BCUT2D eigenvalue weighted by Crippen LogP contribution is 2.07. The van der Waals surface area contributed by atoms with Crippen molar-refractivity contribution in [3.05, 3.63) is 35.7 Å². The molecule has 0 fully saturated rings. The van der Waals surface area contributed by atoms with E-state index in [2.05, 4.69) is 30.6 Å². The lowest BCUT2D eigenvalue weighted by molar-refractivity contribution is -0.115. The Balaban J connectivity index is 1.81. The molecule has 102 valence electrons. The third-order valence-electron chi connectivity index (χ3n) is 2.76. The van der Waals surface area contributed by atoms with Crippen LogP contribution in [-0.4, -0.2) is 35.7 Å². The first-order chi connectivity index (χ1) is 9.61. The summed E-state index contributed by atoms with van der Waals surface area (Å²) in [4.78, 5) is 20.4. The molecular formula is C12H13N7O. The van der Waals surface area contributed by atoms with Gasteiger partial charge in [0.2, 0.25) is 5.91 Å². The highest BCUT2D eigenvalue weighted by molar-refractivity contribution is 5.91. The molecule has 3 aromatic rings. The number of hydrogen-bond acceptors (Lipinski definition) is 5. The number of anilines is 1. The fourth-order valence-electron chi connectivity index (χ4n) is 1.95. The monoisotopic (exact) mass is 271 g/mol. The van der Waals surface area contributed by atoms with Gasteiger partial charge in [-0.1, -0.05) is 0 Å². The maximum atomic E-state index is 11.8. The van der Waals surface area contributed by atoms with Crippen molar-refractivity contribution in [3.63, 3.8) is 0 Å². The van der Waals surface area contributed by atoms with Crippen LogP contribution in [0.2, 0.25) is 0 Å². The third-order valence-corrected chi connectivity index (χ3v) is 2.76. The Morgan fingerprint density at radius 2 is 2.25 bits per heavy atom. The number of amides is 1. The van der Waals surface area contributed by atoms with Gasteiger partial charge in [0.05, 0.1) is 18.3 Å². The number of rotatable bonds is 3. The lowest BCUT2D eigenvalue weighted by atomic mass is 10.4. The van der Waals surface area contributed by atoms with Crippen LogP contribution in [0.25, 0.3) is 5.78 Å². The zero-order chi connectivity index (χ0) is 14.1. The minimum absolute atomic E-state index is 0.0903. The van der Waals surface area contributed by atoms with E-state index in [9.17, 15) is 4.79 Å². The van der Waals surface area contributed by atoms with Gasteiger partial charge in [-0.05, 0) is 19.9 Å². The van der Waals surface area contributed by atoms with Crippen molar-refractivity contribution in [2.75, 3.05) is 5.32 Å². The molecule has 8 heteroatoms. The molecule has 0 spiro atoms. The Morgan fingerprint density at radius 1 is 1.40 bits per heavy atom. The van der Waals surface area contributed by atoms with E-state index in [0.29, 0.717) is 17.3 Å². The predicted octanol–water partition coefficient (Wildman–Crippen LogP) is 0.645. The zero-order valence-electron chi connectivity index (χ0n) is 11.1. The number of aryl methyl sites for hydroxylation is 2. The molecule has 2 N–H and O–H groups in total. The molecule has 0 aliphatic carbocycles. The average molecular weight is 271 g/mol. The largest absolute Gasteiger partial charge is 0.323 e. The number of nitrogens with one attached hydrogen (secondary N) is 2. The maximum Gasteiger partial charge on any atom is 0.252 e. The van der Waals surface area contributed by atoms with Gasteiger partial charge in [-0.25, -0.2) is 9.50 Å². The van der Waals surface area contributed by atoms with E-state index in [4.69, 9.17) is 0 Å². The molecule has 3 heterocycles. The second-order valence-electron chi connectivity index (χ2n) is 4.49. The van der Waals surface area contributed by atoms with Crippen LogP contribution < -0.4 is 5.32 Å². The van der Waals surface area contributed by atoms with Crippen LogP contribution in [0.3, 0.4) is 0 Å². The average Bonchev–Trinajstić information content (AvgIpc) is 2.98. The van der Waals surface area contributed by atoms with Crippen molar-refractivity contribution in [2.45, 2.75) is 20.3 Å². The van der Waals surface area contributed by atoms with E-state index < -0.39 is 0 Å². The van der Waals surface area contributed by atoms with Crippen LogP contribution in [0.4, 0.5) is 5.69 Å².